The van der Waals surface area contributed by atoms with Crippen molar-refractivity contribution in [3.63, 3.8) is 0 Å². The molecular weight excluding hydrogens is 468 g/mol. The average molecular weight is 481 g/mol. The fourth-order valence-corrected chi connectivity index (χ4v) is 3.68. The van der Waals surface area contributed by atoms with Gasteiger partial charge in [0.25, 0.3) is 0 Å². The summed E-state index contributed by atoms with van der Waals surface area (Å²) in [6.45, 7) is 0.263. The standard InChI is InChI=1S/C23H12F4N6O2/c24-15-3-1-2-14(21(15)25)22-29-17-9-28-33(11-18(17)30-22)10-13-5-6-16(32-31-13)12-4-7-19-20(8-12)35-23(26,27)34-19/h1-9,11H,10H2/p+1. The minimum absolute atomic E-state index is 0.0152. The summed E-state index contributed by atoms with van der Waals surface area (Å²) < 4.78 is 64.6. The van der Waals surface area contributed by atoms with E-state index in [1.165, 1.54) is 30.5 Å². The molecular formula is C23H13F4N6O2+. The highest BCUT2D eigenvalue weighted by Gasteiger charge is 2.43. The molecule has 1 N–H and O–H groups in total. The van der Waals surface area contributed by atoms with Crippen molar-refractivity contribution < 1.29 is 31.7 Å². The Morgan fingerprint density at radius 3 is 2.66 bits per heavy atom. The largest absolute Gasteiger partial charge is 0.586 e. The van der Waals surface area contributed by atoms with Crippen LogP contribution in [-0.2, 0) is 6.54 Å². The first-order valence-corrected chi connectivity index (χ1v) is 10.3. The second-order valence-corrected chi connectivity index (χ2v) is 7.70. The zero-order valence-electron chi connectivity index (χ0n) is 17.5. The first-order valence-electron chi connectivity index (χ1n) is 10.3. The number of hydrogen-bond acceptors (Lipinski definition) is 6. The molecule has 35 heavy (non-hydrogen) atoms. The number of benzene rings is 2. The fourth-order valence-electron chi connectivity index (χ4n) is 3.68. The molecule has 4 heterocycles. The highest BCUT2D eigenvalue weighted by atomic mass is 19.3. The van der Waals surface area contributed by atoms with Crippen molar-refractivity contribution in [2.24, 2.45) is 0 Å². The minimum Gasteiger partial charge on any atom is -0.395 e. The van der Waals surface area contributed by atoms with Crippen molar-refractivity contribution in [2.45, 2.75) is 12.8 Å². The molecule has 5 aromatic rings. The molecule has 8 nitrogen and oxygen atoms in total. The SMILES string of the molecule is Fc1cccc(-c2nc3cn[n+](Cc4ccc(-c5ccc6c(c5)OC(F)(F)O6)nn4)cc3[nH]2)c1F. The van der Waals surface area contributed by atoms with Crippen LogP contribution < -0.4 is 14.2 Å². The Morgan fingerprint density at radius 1 is 0.971 bits per heavy atom. The Hall–Kier alpha value is -4.61. The third-order valence-corrected chi connectivity index (χ3v) is 5.32. The number of H-pyrrole nitrogens is 1. The number of fused-ring (bicyclic) bond motifs is 2. The van der Waals surface area contributed by atoms with E-state index in [-0.39, 0.29) is 29.4 Å². The minimum atomic E-state index is -3.69. The van der Waals surface area contributed by atoms with Crippen molar-refractivity contribution in [3.05, 3.63) is 78.3 Å². The van der Waals surface area contributed by atoms with Gasteiger partial charge in [-0.3, -0.25) is 0 Å². The topological polar surface area (TPSA) is 89.7 Å². The molecule has 0 radical (unpaired) electrons. The van der Waals surface area contributed by atoms with Gasteiger partial charge >= 0.3 is 6.29 Å². The molecule has 0 amide bonds. The number of nitrogens with one attached hydrogen (secondary N) is 1. The molecule has 0 saturated carbocycles. The molecule has 0 bridgehead atoms. The molecule has 1 aliphatic heterocycles. The quantitative estimate of drug-likeness (QED) is 0.308. The molecule has 0 unspecified atom stereocenters. The molecule has 0 fully saturated rings. The van der Waals surface area contributed by atoms with Crippen LogP contribution in [0.15, 0.2) is 60.9 Å². The van der Waals surface area contributed by atoms with Gasteiger partial charge in [0, 0.05) is 5.56 Å². The van der Waals surface area contributed by atoms with Crippen LogP contribution in [0.25, 0.3) is 33.7 Å². The Morgan fingerprint density at radius 2 is 1.83 bits per heavy atom. The zero-order valence-corrected chi connectivity index (χ0v) is 17.5. The van der Waals surface area contributed by atoms with Crippen molar-refractivity contribution in [3.8, 4) is 34.1 Å². The maximum Gasteiger partial charge on any atom is 0.586 e. The van der Waals surface area contributed by atoms with Crippen molar-refractivity contribution >= 4 is 11.0 Å². The summed E-state index contributed by atoms with van der Waals surface area (Å²) in [6.07, 6.45) is -0.532. The molecule has 6 rings (SSSR count). The van der Waals surface area contributed by atoms with Crippen LogP contribution in [0.4, 0.5) is 17.6 Å². The molecule has 3 aromatic heterocycles. The molecule has 1 aliphatic rings. The number of hydrogen-bond donors (Lipinski definition) is 1. The highest BCUT2D eigenvalue weighted by molar-refractivity contribution is 5.77. The van der Waals surface area contributed by atoms with Gasteiger partial charge in [-0.15, -0.1) is 13.9 Å². The van der Waals surface area contributed by atoms with Gasteiger partial charge in [0.05, 0.1) is 11.3 Å². The van der Waals surface area contributed by atoms with E-state index < -0.39 is 17.9 Å². The van der Waals surface area contributed by atoms with E-state index in [2.05, 4.69) is 34.7 Å². The van der Waals surface area contributed by atoms with Crippen LogP contribution in [0.1, 0.15) is 5.69 Å². The second-order valence-electron chi connectivity index (χ2n) is 7.70. The third-order valence-electron chi connectivity index (χ3n) is 5.32. The van der Waals surface area contributed by atoms with Gasteiger partial charge in [0.2, 0.25) is 12.7 Å². The van der Waals surface area contributed by atoms with Crippen molar-refractivity contribution in [1.29, 1.82) is 0 Å². The molecule has 12 heteroatoms. The Balaban J connectivity index is 1.22. The van der Waals surface area contributed by atoms with Crippen LogP contribution in [-0.4, -0.2) is 31.6 Å². The van der Waals surface area contributed by atoms with E-state index in [0.29, 0.717) is 28.0 Å². The normalized spacial score (nSPS) is 13.9. The Labute approximate surface area is 193 Å². The Bertz CT molecular complexity index is 1590. The van der Waals surface area contributed by atoms with Gasteiger partial charge in [-0.05, 0) is 47.6 Å². The summed E-state index contributed by atoms with van der Waals surface area (Å²) in [4.78, 5) is 7.25. The van der Waals surface area contributed by atoms with E-state index in [0.717, 1.165) is 6.07 Å². The lowest BCUT2D eigenvalue weighted by Crippen LogP contribution is -2.38. The van der Waals surface area contributed by atoms with Crippen molar-refractivity contribution in [1.82, 2.24) is 25.3 Å². The number of ether oxygens (including phenoxy) is 2. The number of halogens is 4. The molecule has 0 atom stereocenters. The first kappa shape index (κ1) is 21.0. The smallest absolute Gasteiger partial charge is 0.395 e. The molecule has 174 valence electrons. The summed E-state index contributed by atoms with van der Waals surface area (Å²) in [5.41, 5.74) is 2.63. The van der Waals surface area contributed by atoms with Crippen LogP contribution in [0.5, 0.6) is 11.5 Å². The average Bonchev–Trinajstić information content (AvgIpc) is 3.39. The van der Waals surface area contributed by atoms with E-state index in [4.69, 9.17) is 0 Å². The van der Waals surface area contributed by atoms with Gasteiger partial charge in [-0.2, -0.15) is 5.10 Å². The van der Waals surface area contributed by atoms with E-state index >= 15 is 0 Å². The molecule has 0 aliphatic carbocycles. The number of nitrogens with zero attached hydrogens (tertiary/aromatic N) is 5. The van der Waals surface area contributed by atoms with E-state index in [1.54, 1.807) is 29.1 Å². The summed E-state index contributed by atoms with van der Waals surface area (Å²) in [7, 11) is 0. The number of aromatic amines is 1. The Kier molecular flexibility index (Phi) is 4.62. The summed E-state index contributed by atoms with van der Waals surface area (Å²) in [5.74, 6) is -1.90. The molecule has 2 aromatic carbocycles. The van der Waals surface area contributed by atoms with Crippen LogP contribution >= 0.6 is 0 Å². The summed E-state index contributed by atoms with van der Waals surface area (Å²) in [5, 5.41) is 12.6. The summed E-state index contributed by atoms with van der Waals surface area (Å²) >= 11 is 0. The number of alkyl halides is 2. The lowest BCUT2D eigenvalue weighted by atomic mass is 10.1. The lowest BCUT2D eigenvalue weighted by molar-refractivity contribution is -0.745. The maximum atomic E-state index is 14.1. The van der Waals surface area contributed by atoms with Gasteiger partial charge < -0.3 is 14.5 Å². The molecule has 0 spiro atoms. The maximum absolute atomic E-state index is 14.1. The third kappa shape index (κ3) is 3.88. The predicted molar refractivity (Wildman–Crippen MR) is 112 cm³/mol. The number of aromatic nitrogens is 6. The zero-order chi connectivity index (χ0) is 24.2. The van der Waals surface area contributed by atoms with Gasteiger partial charge in [-0.1, -0.05) is 10.7 Å². The summed E-state index contributed by atoms with van der Waals surface area (Å²) in [6, 6.07) is 11.6. The highest BCUT2D eigenvalue weighted by Crippen LogP contribution is 2.42. The number of imidazole rings is 1. The van der Waals surface area contributed by atoms with Gasteiger partial charge in [0.15, 0.2) is 23.1 Å². The van der Waals surface area contributed by atoms with E-state index in [9.17, 15) is 17.6 Å². The van der Waals surface area contributed by atoms with Crippen molar-refractivity contribution in [2.75, 3.05) is 0 Å². The van der Waals surface area contributed by atoms with Crippen LogP contribution in [0.2, 0.25) is 0 Å². The predicted octanol–water partition coefficient (Wildman–Crippen LogP) is 4.02. The lowest BCUT2D eigenvalue weighted by Gasteiger charge is -2.04. The second kappa shape index (κ2) is 7.72. The fraction of sp³-hybridized carbons (Fsp3) is 0.0870. The van der Waals surface area contributed by atoms with Crippen LogP contribution in [0, 0.1) is 11.6 Å². The monoisotopic (exact) mass is 481 g/mol. The van der Waals surface area contributed by atoms with Gasteiger partial charge in [-0.25, -0.2) is 13.8 Å². The van der Waals surface area contributed by atoms with Crippen LogP contribution in [0.3, 0.4) is 0 Å². The first-order chi connectivity index (χ1) is 16.8. The number of rotatable bonds is 4. The van der Waals surface area contributed by atoms with Gasteiger partial charge in [0.1, 0.15) is 28.7 Å². The van der Waals surface area contributed by atoms with E-state index in [1.807, 2.05) is 0 Å². The molecule has 0 saturated heterocycles.